The maximum atomic E-state index is 4.39. The van der Waals surface area contributed by atoms with Gasteiger partial charge in [0, 0.05) is 30.3 Å². The van der Waals surface area contributed by atoms with Crippen LogP contribution in [0.1, 0.15) is 45.6 Å². The van der Waals surface area contributed by atoms with E-state index in [4.69, 9.17) is 0 Å². The topological polar surface area (TPSA) is 37.8 Å². The molecule has 0 atom stereocenters. The summed E-state index contributed by atoms with van der Waals surface area (Å²) < 4.78 is 0. The molecule has 0 bridgehead atoms. The van der Waals surface area contributed by atoms with Gasteiger partial charge in [-0.3, -0.25) is 0 Å². The molecule has 1 aromatic heterocycles. The van der Waals surface area contributed by atoms with E-state index in [0.717, 1.165) is 29.6 Å². The molecule has 0 aliphatic rings. The molecule has 1 heterocycles. The molecule has 1 aromatic rings. The predicted molar refractivity (Wildman–Crippen MR) is 78.8 cm³/mol. The molecule has 0 aliphatic heterocycles. The van der Waals surface area contributed by atoms with Gasteiger partial charge in [-0.15, -0.1) is 0 Å². The first-order chi connectivity index (χ1) is 8.72. The van der Waals surface area contributed by atoms with Crippen LogP contribution in [0.4, 0.5) is 0 Å². The number of nitrogens with one attached hydrogen (secondary N) is 1. The van der Waals surface area contributed by atoms with E-state index < -0.39 is 0 Å². The van der Waals surface area contributed by atoms with Gasteiger partial charge in [0.05, 0.1) is 0 Å². The van der Waals surface area contributed by atoms with Crippen LogP contribution in [0.25, 0.3) is 0 Å². The highest BCUT2D eigenvalue weighted by atomic mass is 32.2. The van der Waals surface area contributed by atoms with E-state index in [1.807, 2.05) is 12.4 Å². The highest BCUT2D eigenvalue weighted by molar-refractivity contribution is 7.99. The third kappa shape index (κ3) is 6.97. The third-order valence-electron chi connectivity index (χ3n) is 2.54. The standard InChI is InChI=1S/C14H25N3S/c1-4-5-6-7-18-14-16-10-13(11-17-14)9-15-8-12(2)3/h10-12,15H,4-9H2,1-3H3. The van der Waals surface area contributed by atoms with Crippen molar-refractivity contribution in [3.63, 3.8) is 0 Å². The van der Waals surface area contributed by atoms with Crippen molar-refractivity contribution < 1.29 is 0 Å². The number of unbranched alkanes of at least 4 members (excludes halogenated alkanes) is 2. The van der Waals surface area contributed by atoms with Crippen molar-refractivity contribution in [2.45, 2.75) is 51.7 Å². The van der Waals surface area contributed by atoms with Crippen LogP contribution in [0.2, 0.25) is 0 Å². The highest BCUT2D eigenvalue weighted by Gasteiger charge is 1.99. The minimum atomic E-state index is 0.680. The van der Waals surface area contributed by atoms with Gasteiger partial charge < -0.3 is 5.32 Å². The fraction of sp³-hybridized carbons (Fsp3) is 0.714. The van der Waals surface area contributed by atoms with E-state index in [1.165, 1.54) is 19.3 Å². The van der Waals surface area contributed by atoms with Gasteiger partial charge in [0.1, 0.15) is 0 Å². The number of hydrogen-bond acceptors (Lipinski definition) is 4. The summed E-state index contributed by atoms with van der Waals surface area (Å²) in [4.78, 5) is 8.77. The second-order valence-electron chi connectivity index (χ2n) is 4.95. The van der Waals surface area contributed by atoms with Crippen LogP contribution in [0.3, 0.4) is 0 Å². The molecule has 0 aliphatic carbocycles. The lowest BCUT2D eigenvalue weighted by molar-refractivity contribution is 0.550. The molecular weight excluding hydrogens is 242 g/mol. The van der Waals surface area contributed by atoms with Gasteiger partial charge in [0.15, 0.2) is 5.16 Å². The normalized spacial score (nSPS) is 11.1. The summed E-state index contributed by atoms with van der Waals surface area (Å²) in [5.41, 5.74) is 1.16. The average Bonchev–Trinajstić information content (AvgIpc) is 2.36. The quantitative estimate of drug-likeness (QED) is 0.422. The number of hydrogen-bond donors (Lipinski definition) is 1. The van der Waals surface area contributed by atoms with Gasteiger partial charge in [-0.1, -0.05) is 45.4 Å². The molecule has 0 saturated heterocycles. The first kappa shape index (κ1) is 15.4. The van der Waals surface area contributed by atoms with E-state index >= 15 is 0 Å². The Kier molecular flexibility index (Phi) is 8.01. The van der Waals surface area contributed by atoms with Crippen LogP contribution in [0.15, 0.2) is 17.6 Å². The predicted octanol–water partition coefficient (Wildman–Crippen LogP) is 3.50. The van der Waals surface area contributed by atoms with E-state index in [-0.39, 0.29) is 0 Å². The lowest BCUT2D eigenvalue weighted by atomic mass is 10.2. The molecule has 0 fully saturated rings. The maximum absolute atomic E-state index is 4.39. The Morgan fingerprint density at radius 3 is 2.56 bits per heavy atom. The molecular formula is C14H25N3S. The molecule has 1 rings (SSSR count). The molecule has 3 nitrogen and oxygen atoms in total. The minimum absolute atomic E-state index is 0.680. The van der Waals surface area contributed by atoms with Crippen molar-refractivity contribution in [3.8, 4) is 0 Å². The molecule has 18 heavy (non-hydrogen) atoms. The van der Waals surface area contributed by atoms with Crippen LogP contribution < -0.4 is 5.32 Å². The van der Waals surface area contributed by atoms with Crippen molar-refractivity contribution in [1.82, 2.24) is 15.3 Å². The molecule has 0 spiro atoms. The van der Waals surface area contributed by atoms with E-state index in [1.54, 1.807) is 11.8 Å². The molecule has 0 aromatic carbocycles. The molecule has 0 amide bonds. The van der Waals surface area contributed by atoms with Gasteiger partial charge in [-0.2, -0.15) is 0 Å². The summed E-state index contributed by atoms with van der Waals surface area (Å²) >= 11 is 1.76. The van der Waals surface area contributed by atoms with Crippen LogP contribution in [0.5, 0.6) is 0 Å². The Hall–Kier alpha value is -0.610. The molecule has 102 valence electrons. The Bertz CT molecular complexity index is 311. The number of rotatable bonds is 9. The lowest BCUT2D eigenvalue weighted by Crippen LogP contribution is -2.19. The van der Waals surface area contributed by atoms with Crippen molar-refractivity contribution in [2.24, 2.45) is 5.92 Å². The molecule has 0 radical (unpaired) electrons. The van der Waals surface area contributed by atoms with Gasteiger partial charge in [0.2, 0.25) is 0 Å². The van der Waals surface area contributed by atoms with Crippen molar-refractivity contribution in [3.05, 3.63) is 18.0 Å². The SMILES string of the molecule is CCCCCSc1ncc(CNCC(C)C)cn1. The maximum Gasteiger partial charge on any atom is 0.187 e. The first-order valence-corrected chi connectivity index (χ1v) is 7.85. The second kappa shape index (κ2) is 9.34. The van der Waals surface area contributed by atoms with Gasteiger partial charge in [-0.25, -0.2) is 9.97 Å². The summed E-state index contributed by atoms with van der Waals surface area (Å²) in [7, 11) is 0. The van der Waals surface area contributed by atoms with Crippen LogP contribution in [-0.4, -0.2) is 22.3 Å². The minimum Gasteiger partial charge on any atom is -0.312 e. The first-order valence-electron chi connectivity index (χ1n) is 6.86. The smallest absolute Gasteiger partial charge is 0.187 e. The van der Waals surface area contributed by atoms with Crippen LogP contribution in [0, 0.1) is 5.92 Å². The van der Waals surface area contributed by atoms with Gasteiger partial charge >= 0.3 is 0 Å². The zero-order valence-corrected chi connectivity index (χ0v) is 12.6. The van der Waals surface area contributed by atoms with Crippen molar-refractivity contribution in [1.29, 1.82) is 0 Å². The monoisotopic (exact) mass is 267 g/mol. The summed E-state index contributed by atoms with van der Waals surface area (Å²) in [6, 6.07) is 0. The second-order valence-corrected chi connectivity index (χ2v) is 6.02. The van der Waals surface area contributed by atoms with Crippen molar-refractivity contribution >= 4 is 11.8 Å². The fourth-order valence-corrected chi connectivity index (χ4v) is 2.31. The summed E-state index contributed by atoms with van der Waals surface area (Å²) in [5, 5.41) is 4.30. The summed E-state index contributed by atoms with van der Waals surface area (Å²) in [5.74, 6) is 1.80. The van der Waals surface area contributed by atoms with E-state index in [0.29, 0.717) is 5.92 Å². The molecule has 1 N–H and O–H groups in total. The van der Waals surface area contributed by atoms with Gasteiger partial charge in [0.25, 0.3) is 0 Å². The van der Waals surface area contributed by atoms with Gasteiger partial charge in [-0.05, 0) is 18.9 Å². The van der Waals surface area contributed by atoms with Crippen LogP contribution >= 0.6 is 11.8 Å². The Labute approximate surface area is 115 Å². The zero-order valence-electron chi connectivity index (χ0n) is 11.8. The zero-order chi connectivity index (χ0) is 13.2. The average molecular weight is 267 g/mol. The third-order valence-corrected chi connectivity index (χ3v) is 3.50. The lowest BCUT2D eigenvalue weighted by Gasteiger charge is -2.07. The van der Waals surface area contributed by atoms with Crippen molar-refractivity contribution in [2.75, 3.05) is 12.3 Å². The molecule has 0 unspecified atom stereocenters. The number of thioether (sulfide) groups is 1. The fourth-order valence-electron chi connectivity index (χ4n) is 1.53. The summed E-state index contributed by atoms with van der Waals surface area (Å²) in [6.07, 6.45) is 7.68. The number of aromatic nitrogens is 2. The summed E-state index contributed by atoms with van der Waals surface area (Å²) in [6.45, 7) is 8.53. The largest absolute Gasteiger partial charge is 0.312 e. The molecule has 4 heteroatoms. The highest BCUT2D eigenvalue weighted by Crippen LogP contribution is 2.14. The molecule has 0 saturated carbocycles. The van der Waals surface area contributed by atoms with E-state index in [9.17, 15) is 0 Å². The Morgan fingerprint density at radius 1 is 1.22 bits per heavy atom. The van der Waals surface area contributed by atoms with Crippen LogP contribution in [-0.2, 0) is 6.54 Å². The van der Waals surface area contributed by atoms with E-state index in [2.05, 4.69) is 36.1 Å². The Morgan fingerprint density at radius 2 is 1.94 bits per heavy atom. The number of nitrogens with zero attached hydrogens (tertiary/aromatic N) is 2. The Balaban J connectivity index is 2.24.